The summed E-state index contributed by atoms with van der Waals surface area (Å²) in [6, 6.07) is 3.93. The summed E-state index contributed by atoms with van der Waals surface area (Å²) in [4.78, 5) is 4.16. The third-order valence-corrected chi connectivity index (χ3v) is 3.94. The fourth-order valence-electron chi connectivity index (χ4n) is 0.933. The highest BCUT2D eigenvalue weighted by molar-refractivity contribution is 9.11. The molecule has 0 bridgehead atoms. The lowest BCUT2D eigenvalue weighted by Gasteiger charge is -1.92. The van der Waals surface area contributed by atoms with E-state index in [-0.39, 0.29) is 0 Å². The minimum absolute atomic E-state index is 0.573. The first-order valence-corrected chi connectivity index (χ1v) is 5.86. The van der Waals surface area contributed by atoms with E-state index in [9.17, 15) is 0 Å². The molecule has 0 saturated heterocycles. The lowest BCUT2D eigenvalue weighted by atomic mass is 10.3. The van der Waals surface area contributed by atoms with Crippen molar-refractivity contribution >= 4 is 65.0 Å². The standard InChI is InChI=1S/C7H2Br2ClNS/c8-3-1-4(9)6-5(2-3)11-7(10)12-6/h1-2H. The Hall–Kier alpha value is 0.360. The van der Waals surface area contributed by atoms with Crippen molar-refractivity contribution in [1.82, 2.24) is 4.98 Å². The molecular weight excluding hydrogens is 325 g/mol. The number of nitrogens with zero attached hydrogens (tertiary/aromatic N) is 1. The molecule has 0 atom stereocenters. The molecule has 2 aromatic rings. The van der Waals surface area contributed by atoms with Crippen LogP contribution in [-0.4, -0.2) is 4.98 Å². The third-order valence-electron chi connectivity index (χ3n) is 1.38. The highest BCUT2D eigenvalue weighted by atomic mass is 79.9. The van der Waals surface area contributed by atoms with Crippen LogP contribution in [0.3, 0.4) is 0 Å². The van der Waals surface area contributed by atoms with Crippen LogP contribution < -0.4 is 0 Å². The predicted octanol–water partition coefficient (Wildman–Crippen LogP) is 4.47. The molecule has 1 aromatic heterocycles. The van der Waals surface area contributed by atoms with Crippen LogP contribution in [0.4, 0.5) is 0 Å². The predicted molar refractivity (Wildman–Crippen MR) is 60.0 cm³/mol. The van der Waals surface area contributed by atoms with Gasteiger partial charge in [-0.2, -0.15) is 0 Å². The van der Waals surface area contributed by atoms with Crippen LogP contribution in [0.25, 0.3) is 10.2 Å². The van der Waals surface area contributed by atoms with Crippen LogP contribution in [-0.2, 0) is 0 Å². The van der Waals surface area contributed by atoms with Crippen molar-refractivity contribution < 1.29 is 0 Å². The van der Waals surface area contributed by atoms with Gasteiger partial charge in [0.2, 0.25) is 0 Å². The van der Waals surface area contributed by atoms with Crippen molar-refractivity contribution in [3.05, 3.63) is 25.5 Å². The van der Waals surface area contributed by atoms with Crippen molar-refractivity contribution in [3.8, 4) is 0 Å². The zero-order chi connectivity index (χ0) is 8.72. The van der Waals surface area contributed by atoms with Gasteiger partial charge in [0.25, 0.3) is 0 Å². The Balaban J connectivity index is 2.88. The van der Waals surface area contributed by atoms with E-state index in [0.29, 0.717) is 4.47 Å². The number of benzene rings is 1. The van der Waals surface area contributed by atoms with Crippen molar-refractivity contribution in [2.75, 3.05) is 0 Å². The maximum atomic E-state index is 5.78. The van der Waals surface area contributed by atoms with Crippen molar-refractivity contribution in [3.63, 3.8) is 0 Å². The zero-order valence-electron chi connectivity index (χ0n) is 5.64. The minimum atomic E-state index is 0.573. The first-order valence-electron chi connectivity index (χ1n) is 3.08. The molecule has 0 aliphatic rings. The summed E-state index contributed by atoms with van der Waals surface area (Å²) in [5.41, 5.74) is 0.922. The smallest absolute Gasteiger partial charge is 0.184 e. The SMILES string of the molecule is Clc1nc2cc(Br)cc(Br)c2s1. The van der Waals surface area contributed by atoms with Gasteiger partial charge in [-0.1, -0.05) is 27.5 Å². The molecule has 0 fully saturated rings. The van der Waals surface area contributed by atoms with Gasteiger partial charge >= 0.3 is 0 Å². The summed E-state index contributed by atoms with van der Waals surface area (Å²) in [6.07, 6.45) is 0. The molecule has 0 aliphatic carbocycles. The summed E-state index contributed by atoms with van der Waals surface area (Å²) in [5.74, 6) is 0. The van der Waals surface area contributed by atoms with E-state index in [0.717, 1.165) is 19.2 Å². The number of hydrogen-bond donors (Lipinski definition) is 0. The lowest BCUT2D eigenvalue weighted by molar-refractivity contribution is 1.49. The van der Waals surface area contributed by atoms with Crippen LogP contribution >= 0.6 is 54.8 Å². The molecule has 0 unspecified atom stereocenters. The maximum Gasteiger partial charge on any atom is 0.184 e. The summed E-state index contributed by atoms with van der Waals surface area (Å²) in [7, 11) is 0. The maximum absolute atomic E-state index is 5.78. The Bertz CT molecular complexity index is 440. The summed E-state index contributed by atoms with van der Waals surface area (Å²) in [6.45, 7) is 0. The molecule has 1 aromatic carbocycles. The monoisotopic (exact) mass is 325 g/mol. The molecule has 0 radical (unpaired) electrons. The van der Waals surface area contributed by atoms with Crippen LogP contribution in [0.15, 0.2) is 21.1 Å². The fraction of sp³-hybridized carbons (Fsp3) is 0. The molecule has 0 N–H and O–H groups in total. The van der Waals surface area contributed by atoms with Crippen LogP contribution in [0, 0.1) is 0 Å². The molecule has 1 heterocycles. The average Bonchev–Trinajstić information content (AvgIpc) is 2.29. The normalized spacial score (nSPS) is 10.9. The van der Waals surface area contributed by atoms with Crippen LogP contribution in [0.1, 0.15) is 0 Å². The summed E-state index contributed by atoms with van der Waals surface area (Å²) in [5, 5.41) is 0. The van der Waals surface area contributed by atoms with Crippen LogP contribution in [0.5, 0.6) is 0 Å². The average molecular weight is 327 g/mol. The largest absolute Gasteiger partial charge is 0.225 e. The second kappa shape index (κ2) is 3.25. The Morgan fingerprint density at radius 2 is 2.08 bits per heavy atom. The van der Waals surface area contributed by atoms with Gasteiger partial charge in [0.05, 0.1) is 10.2 Å². The number of aromatic nitrogens is 1. The zero-order valence-corrected chi connectivity index (χ0v) is 10.4. The summed E-state index contributed by atoms with van der Waals surface area (Å²) >= 11 is 14.1. The second-order valence-electron chi connectivity index (χ2n) is 2.20. The van der Waals surface area contributed by atoms with Gasteiger partial charge in [-0.05, 0) is 28.1 Å². The van der Waals surface area contributed by atoms with E-state index in [1.54, 1.807) is 0 Å². The summed E-state index contributed by atoms with van der Waals surface area (Å²) < 4.78 is 3.69. The Morgan fingerprint density at radius 3 is 2.83 bits per heavy atom. The Morgan fingerprint density at radius 1 is 1.33 bits per heavy atom. The molecule has 0 aliphatic heterocycles. The van der Waals surface area contributed by atoms with Crippen molar-refractivity contribution in [2.24, 2.45) is 0 Å². The minimum Gasteiger partial charge on any atom is -0.225 e. The van der Waals surface area contributed by atoms with Crippen LogP contribution in [0.2, 0.25) is 4.47 Å². The molecule has 1 nitrogen and oxygen atoms in total. The van der Waals surface area contributed by atoms with Gasteiger partial charge in [-0.3, -0.25) is 0 Å². The van der Waals surface area contributed by atoms with Crippen molar-refractivity contribution in [2.45, 2.75) is 0 Å². The molecule has 0 spiro atoms. The van der Waals surface area contributed by atoms with E-state index in [4.69, 9.17) is 11.6 Å². The quantitative estimate of drug-likeness (QED) is 0.695. The number of hydrogen-bond acceptors (Lipinski definition) is 2. The number of fused-ring (bicyclic) bond motifs is 1. The Labute approximate surface area is 95.0 Å². The number of thiazole rings is 1. The van der Waals surface area contributed by atoms with Crippen molar-refractivity contribution in [1.29, 1.82) is 0 Å². The molecule has 0 amide bonds. The first-order chi connectivity index (χ1) is 5.66. The first kappa shape index (κ1) is 8.94. The van der Waals surface area contributed by atoms with E-state index >= 15 is 0 Å². The molecule has 2 rings (SSSR count). The topological polar surface area (TPSA) is 12.9 Å². The van der Waals surface area contributed by atoms with Gasteiger partial charge in [-0.15, -0.1) is 11.3 Å². The second-order valence-corrected chi connectivity index (χ2v) is 5.55. The molecule has 0 saturated carbocycles. The van der Waals surface area contributed by atoms with E-state index < -0.39 is 0 Å². The Kier molecular flexibility index (Phi) is 2.42. The molecule has 12 heavy (non-hydrogen) atoms. The lowest BCUT2D eigenvalue weighted by Crippen LogP contribution is -1.70. The van der Waals surface area contributed by atoms with Gasteiger partial charge in [0.15, 0.2) is 4.47 Å². The fourth-order valence-corrected chi connectivity index (χ4v) is 3.38. The van der Waals surface area contributed by atoms with E-state index in [1.807, 2.05) is 12.1 Å². The third kappa shape index (κ3) is 1.53. The van der Waals surface area contributed by atoms with E-state index in [1.165, 1.54) is 11.3 Å². The number of halogens is 3. The molecule has 62 valence electrons. The van der Waals surface area contributed by atoms with E-state index in [2.05, 4.69) is 36.8 Å². The van der Waals surface area contributed by atoms with Gasteiger partial charge < -0.3 is 0 Å². The van der Waals surface area contributed by atoms with Gasteiger partial charge in [0.1, 0.15) is 0 Å². The molecular formula is C7H2Br2ClNS. The van der Waals surface area contributed by atoms with Gasteiger partial charge in [-0.25, -0.2) is 4.98 Å². The highest BCUT2D eigenvalue weighted by Gasteiger charge is 2.05. The highest BCUT2D eigenvalue weighted by Crippen LogP contribution is 2.34. The van der Waals surface area contributed by atoms with Gasteiger partial charge in [0, 0.05) is 8.95 Å². The number of rotatable bonds is 0. The molecule has 5 heteroatoms.